The Hall–Kier alpha value is -3.55. The number of amides is 2. The molecule has 1 atom stereocenters. The summed E-state index contributed by atoms with van der Waals surface area (Å²) in [7, 11) is 0. The molecule has 16 heteroatoms. The van der Waals surface area contributed by atoms with E-state index >= 15 is 0 Å². The number of primary amides is 1. The molecule has 2 rings (SSSR count). The van der Waals surface area contributed by atoms with Gasteiger partial charge in [-0.25, -0.2) is 9.97 Å². The second-order valence-corrected chi connectivity index (χ2v) is 7.70. The number of guanidine groups is 2. The standard InChI is InChI=1S/C20H28ClN11O2.2ClH/c21-15-17(24)31-16(23)14(30-15)18(34)32-20(27)28-8-2-1-3-10-4-6-11(7-5-10)12(9-13(22)33)29-19(25)26;;/h4-7,12H,1-3,8-9H2,(H2,22,33)(H4,23,24,31)(H4,25,26,29)(H3,27,28,32,34);2*1H. The molecule has 1 heterocycles. The van der Waals surface area contributed by atoms with Crippen molar-refractivity contribution < 1.29 is 9.59 Å². The highest BCUT2D eigenvalue weighted by Gasteiger charge is 2.16. The third-order valence-electron chi connectivity index (χ3n) is 4.64. The van der Waals surface area contributed by atoms with Crippen LogP contribution in [0.25, 0.3) is 0 Å². The normalized spacial score (nSPS) is 11.4. The van der Waals surface area contributed by atoms with E-state index < -0.39 is 17.9 Å². The van der Waals surface area contributed by atoms with Crippen LogP contribution in [0.3, 0.4) is 0 Å². The number of hydrogen-bond donors (Lipinski definition) is 8. The van der Waals surface area contributed by atoms with Gasteiger partial charge in [-0.3, -0.25) is 15.0 Å². The number of aryl methyl sites for hydroxylation is 1. The zero-order valence-electron chi connectivity index (χ0n) is 19.2. The number of nitrogens with two attached hydrogens (primary N) is 5. The van der Waals surface area contributed by atoms with Crippen molar-refractivity contribution in [3.05, 3.63) is 46.2 Å². The van der Waals surface area contributed by atoms with Gasteiger partial charge >= 0.3 is 5.91 Å². The molecule has 1 aromatic heterocycles. The van der Waals surface area contributed by atoms with Crippen LogP contribution in [0, 0.1) is 5.41 Å². The fraction of sp³-hybridized carbons (Fsp3) is 0.300. The first-order valence-corrected chi connectivity index (χ1v) is 10.6. The Bertz CT molecular complexity index is 1070. The Labute approximate surface area is 225 Å². The first-order chi connectivity index (χ1) is 16.1. The van der Waals surface area contributed by atoms with Gasteiger partial charge in [0.05, 0.1) is 12.5 Å². The molecule has 0 aliphatic heterocycles. The monoisotopic (exact) mass is 561 g/mol. The second kappa shape index (κ2) is 15.4. The van der Waals surface area contributed by atoms with Gasteiger partial charge in [0.25, 0.3) is 0 Å². The van der Waals surface area contributed by atoms with Crippen LogP contribution in [0.5, 0.6) is 0 Å². The molecular formula is C20H30Cl3N11O2. The zero-order valence-corrected chi connectivity index (χ0v) is 21.6. The van der Waals surface area contributed by atoms with Gasteiger partial charge in [0.1, 0.15) is 0 Å². The molecule has 0 fully saturated rings. The van der Waals surface area contributed by atoms with Crippen molar-refractivity contribution in [1.29, 1.82) is 5.41 Å². The fourth-order valence-corrected chi connectivity index (χ4v) is 3.16. The molecule has 0 spiro atoms. The maximum absolute atomic E-state index is 12.2. The minimum absolute atomic E-state index is 0. The number of benzene rings is 1. The van der Waals surface area contributed by atoms with Crippen LogP contribution < -0.4 is 39.3 Å². The van der Waals surface area contributed by atoms with E-state index in [-0.39, 0.29) is 65.6 Å². The van der Waals surface area contributed by atoms with Gasteiger partial charge in [0.15, 0.2) is 34.4 Å². The topological polar surface area (TPSA) is 250 Å². The molecule has 0 bridgehead atoms. The molecule has 0 aliphatic rings. The maximum Gasteiger partial charge on any atom is 0.302 e. The zero-order chi connectivity index (χ0) is 25.3. The van der Waals surface area contributed by atoms with Crippen LogP contribution in [0.1, 0.15) is 46.9 Å². The van der Waals surface area contributed by atoms with Crippen molar-refractivity contribution >= 4 is 71.8 Å². The van der Waals surface area contributed by atoms with Crippen molar-refractivity contribution in [2.75, 3.05) is 18.0 Å². The average molecular weight is 563 g/mol. The smallest absolute Gasteiger partial charge is 0.302 e. The third kappa shape index (κ3) is 10.4. The van der Waals surface area contributed by atoms with Gasteiger partial charge in [0.2, 0.25) is 5.91 Å². The molecule has 36 heavy (non-hydrogen) atoms. The molecule has 13 N–H and O–H groups in total. The number of anilines is 2. The lowest BCUT2D eigenvalue weighted by atomic mass is 10.00. The average Bonchev–Trinajstić information content (AvgIpc) is 2.75. The second-order valence-electron chi connectivity index (χ2n) is 7.34. The van der Waals surface area contributed by atoms with E-state index in [1.807, 2.05) is 24.3 Å². The number of nitrogens with one attached hydrogen (secondary N) is 3. The number of unbranched alkanes of at least 4 members (excludes halogenated alkanes) is 1. The molecule has 0 radical (unpaired) electrons. The van der Waals surface area contributed by atoms with E-state index in [4.69, 9.17) is 45.7 Å². The Morgan fingerprint density at radius 1 is 1.03 bits per heavy atom. The first-order valence-electron chi connectivity index (χ1n) is 10.2. The van der Waals surface area contributed by atoms with Crippen LogP contribution >= 0.6 is 36.4 Å². The number of carbonyl (C=O) groups is 2. The first kappa shape index (κ1) is 32.5. The van der Waals surface area contributed by atoms with Gasteiger partial charge in [-0.05, 0) is 30.4 Å². The number of hydrogen-bond acceptors (Lipinski definition) is 7. The minimum Gasteiger partial charge on any atom is -0.382 e. The molecule has 2 aromatic rings. The van der Waals surface area contributed by atoms with Crippen LogP contribution in [0.15, 0.2) is 29.3 Å². The van der Waals surface area contributed by atoms with E-state index in [2.05, 4.69) is 25.6 Å². The lowest BCUT2D eigenvalue weighted by molar-refractivity contribution is -0.118. The minimum atomic E-state index is -0.786. The summed E-state index contributed by atoms with van der Waals surface area (Å²) in [5, 5.41) is 12.8. The van der Waals surface area contributed by atoms with Crippen molar-refractivity contribution in [1.82, 2.24) is 20.6 Å². The molecule has 2 amide bonds. The van der Waals surface area contributed by atoms with Crippen molar-refractivity contribution in [2.24, 2.45) is 22.2 Å². The van der Waals surface area contributed by atoms with E-state index in [1.54, 1.807) is 0 Å². The van der Waals surface area contributed by atoms with Crippen molar-refractivity contribution in [3.8, 4) is 0 Å². The van der Waals surface area contributed by atoms with Crippen LogP contribution in [-0.4, -0.2) is 40.2 Å². The summed E-state index contributed by atoms with van der Waals surface area (Å²) in [6.45, 7) is 0.494. The summed E-state index contributed by atoms with van der Waals surface area (Å²) in [4.78, 5) is 34.6. The number of aliphatic imine (C=N–C) groups is 1. The van der Waals surface area contributed by atoms with Crippen LogP contribution in [0.2, 0.25) is 5.15 Å². The molecule has 0 aliphatic carbocycles. The Morgan fingerprint density at radius 2 is 1.67 bits per heavy atom. The fourth-order valence-electron chi connectivity index (χ4n) is 3.03. The number of halogens is 3. The van der Waals surface area contributed by atoms with E-state index in [0.29, 0.717) is 6.54 Å². The molecule has 0 saturated heterocycles. The number of rotatable bonds is 10. The lowest BCUT2D eigenvalue weighted by Gasteiger charge is -2.18. The highest BCUT2D eigenvalue weighted by atomic mass is 35.5. The highest BCUT2D eigenvalue weighted by molar-refractivity contribution is 6.31. The molecule has 1 aromatic carbocycles. The van der Waals surface area contributed by atoms with Crippen molar-refractivity contribution in [3.63, 3.8) is 0 Å². The maximum atomic E-state index is 12.2. The van der Waals surface area contributed by atoms with Crippen LogP contribution in [-0.2, 0) is 11.2 Å². The number of carbonyl (C=O) groups excluding carboxylic acids is 2. The van der Waals surface area contributed by atoms with Gasteiger partial charge in [-0.2, -0.15) is 4.99 Å². The number of nitrogens with zero attached hydrogens (tertiary/aromatic N) is 3. The van der Waals surface area contributed by atoms with Gasteiger partial charge in [0, 0.05) is 6.54 Å². The molecular weight excluding hydrogens is 533 g/mol. The van der Waals surface area contributed by atoms with Gasteiger partial charge in [-0.1, -0.05) is 35.9 Å². The largest absolute Gasteiger partial charge is 0.382 e. The molecule has 0 saturated carbocycles. The third-order valence-corrected chi connectivity index (χ3v) is 4.92. The SMILES string of the molecule is Cl.Cl.N=C(N)NC(CC(N)=O)c1ccc(CCCCNC(N)=NC(=O)c2nc(Cl)c(N)nc2N)cc1. The molecule has 13 nitrogen and oxygen atoms in total. The molecule has 198 valence electrons. The summed E-state index contributed by atoms with van der Waals surface area (Å²) in [5.41, 5.74) is 29.2. The van der Waals surface area contributed by atoms with E-state index in [9.17, 15) is 9.59 Å². The lowest BCUT2D eigenvalue weighted by Crippen LogP contribution is -2.36. The summed E-state index contributed by atoms with van der Waals surface area (Å²) in [5.74, 6) is -1.87. The Morgan fingerprint density at radius 3 is 2.25 bits per heavy atom. The number of nitrogen functional groups attached to an aromatic ring is 2. The van der Waals surface area contributed by atoms with E-state index in [1.165, 1.54) is 0 Å². The van der Waals surface area contributed by atoms with Crippen molar-refractivity contribution in [2.45, 2.75) is 31.7 Å². The highest BCUT2D eigenvalue weighted by Crippen LogP contribution is 2.19. The van der Waals surface area contributed by atoms with Gasteiger partial charge < -0.3 is 39.3 Å². The Kier molecular flexibility index (Phi) is 13.9. The predicted molar refractivity (Wildman–Crippen MR) is 145 cm³/mol. The van der Waals surface area contributed by atoms with Crippen LogP contribution in [0.4, 0.5) is 11.6 Å². The summed E-state index contributed by atoms with van der Waals surface area (Å²) in [6.07, 6.45) is 2.43. The quantitative estimate of drug-likeness (QED) is 0.114. The Balaban J connectivity index is 0.00000612. The van der Waals surface area contributed by atoms with E-state index in [0.717, 1.165) is 30.4 Å². The predicted octanol–water partition coefficient (Wildman–Crippen LogP) is 0.605. The van der Waals surface area contributed by atoms with Gasteiger partial charge in [-0.15, -0.1) is 24.8 Å². The summed E-state index contributed by atoms with van der Waals surface area (Å²) >= 11 is 5.76. The summed E-state index contributed by atoms with van der Waals surface area (Å²) < 4.78 is 0. The molecule has 1 unspecified atom stereocenters. The summed E-state index contributed by atoms with van der Waals surface area (Å²) in [6, 6.07) is 7.16. The number of aromatic nitrogens is 2.